The minimum atomic E-state index is 0.00734. The minimum Gasteiger partial charge on any atom is -0.484 e. The summed E-state index contributed by atoms with van der Waals surface area (Å²) in [6.45, 7) is 1.49. The first kappa shape index (κ1) is 12.4. The Bertz CT molecular complexity index is 418. The average Bonchev–Trinajstić information content (AvgIpc) is 2.25. The predicted octanol–water partition coefficient (Wildman–Crippen LogP) is 1.52. The van der Waals surface area contributed by atoms with Crippen LogP contribution in [0.3, 0.4) is 0 Å². The highest BCUT2D eigenvalue weighted by Gasteiger charge is 2.21. The van der Waals surface area contributed by atoms with Crippen LogP contribution < -0.4 is 10.1 Å². The van der Waals surface area contributed by atoms with E-state index in [1.165, 1.54) is 0 Å². The fourth-order valence-electron chi connectivity index (χ4n) is 1.49. The van der Waals surface area contributed by atoms with Crippen molar-refractivity contribution >= 4 is 17.4 Å². The zero-order valence-electron chi connectivity index (χ0n) is 9.53. The van der Waals surface area contributed by atoms with Crippen molar-refractivity contribution in [1.82, 2.24) is 5.32 Å². The van der Waals surface area contributed by atoms with Gasteiger partial charge >= 0.3 is 0 Å². The van der Waals surface area contributed by atoms with E-state index >= 15 is 0 Å². The van der Waals surface area contributed by atoms with Crippen LogP contribution in [0.2, 0.25) is 5.02 Å². The highest BCUT2D eigenvalue weighted by atomic mass is 35.5. The van der Waals surface area contributed by atoms with Crippen molar-refractivity contribution in [3.8, 4) is 5.75 Å². The van der Waals surface area contributed by atoms with Gasteiger partial charge in [-0.3, -0.25) is 4.79 Å². The maximum Gasteiger partial charge on any atom is 0.176 e. The number of Topliss-reactive ketones (excluding diaryl/α,β-unsaturated/α-hetero) is 1. The zero-order chi connectivity index (χ0) is 12.3. The lowest BCUT2D eigenvalue weighted by Crippen LogP contribution is -2.38. The molecule has 0 aromatic heterocycles. The van der Waals surface area contributed by atoms with Crippen LogP contribution in [0.25, 0.3) is 0 Å². The molecule has 0 atom stereocenters. The Hall–Kier alpha value is -1.10. The highest BCUT2D eigenvalue weighted by molar-refractivity contribution is 6.32. The van der Waals surface area contributed by atoms with Gasteiger partial charge in [-0.15, -0.1) is 0 Å². The molecule has 1 aliphatic rings. The van der Waals surface area contributed by atoms with Crippen molar-refractivity contribution in [2.45, 2.75) is 6.10 Å². The van der Waals surface area contributed by atoms with Crippen molar-refractivity contribution in [2.24, 2.45) is 0 Å². The first-order valence-electron chi connectivity index (χ1n) is 5.42. The number of carbonyl (C=O) groups excluding carboxylic acids is 1. The van der Waals surface area contributed by atoms with Crippen LogP contribution in [0.4, 0.5) is 0 Å². The second-order valence-electron chi connectivity index (χ2n) is 3.88. The fourth-order valence-corrected chi connectivity index (χ4v) is 1.72. The number of benzene rings is 1. The zero-order valence-corrected chi connectivity index (χ0v) is 10.3. The molecule has 0 unspecified atom stereocenters. The smallest absolute Gasteiger partial charge is 0.176 e. The van der Waals surface area contributed by atoms with Gasteiger partial charge in [0.25, 0.3) is 0 Å². The van der Waals surface area contributed by atoms with Gasteiger partial charge in [-0.2, -0.15) is 0 Å². The summed E-state index contributed by atoms with van der Waals surface area (Å²) in [6, 6.07) is 5.08. The molecule has 0 amide bonds. The van der Waals surface area contributed by atoms with E-state index in [1.807, 2.05) is 0 Å². The molecule has 0 aliphatic carbocycles. The largest absolute Gasteiger partial charge is 0.484 e. The van der Waals surface area contributed by atoms with Gasteiger partial charge in [-0.1, -0.05) is 11.6 Å². The van der Waals surface area contributed by atoms with E-state index in [9.17, 15) is 4.79 Å². The Labute approximate surface area is 105 Å². The summed E-state index contributed by atoms with van der Waals surface area (Å²) in [4.78, 5) is 11.6. The van der Waals surface area contributed by atoms with Crippen molar-refractivity contribution in [3.05, 3.63) is 28.8 Å². The Morgan fingerprint density at radius 1 is 1.59 bits per heavy atom. The van der Waals surface area contributed by atoms with Crippen LogP contribution in [0.1, 0.15) is 10.4 Å². The van der Waals surface area contributed by atoms with Gasteiger partial charge in [-0.25, -0.2) is 0 Å². The second-order valence-corrected chi connectivity index (χ2v) is 4.28. The molecule has 1 fully saturated rings. The van der Waals surface area contributed by atoms with Gasteiger partial charge in [-0.05, 0) is 25.2 Å². The highest BCUT2D eigenvalue weighted by Crippen LogP contribution is 2.27. The Balaban J connectivity index is 2.07. The van der Waals surface area contributed by atoms with Crippen LogP contribution in [-0.4, -0.2) is 38.7 Å². The van der Waals surface area contributed by atoms with Crippen LogP contribution in [0.5, 0.6) is 5.75 Å². The molecule has 92 valence electrons. The molecule has 0 bridgehead atoms. The topological polar surface area (TPSA) is 47.6 Å². The van der Waals surface area contributed by atoms with E-state index in [0.29, 0.717) is 36.1 Å². The summed E-state index contributed by atoms with van der Waals surface area (Å²) >= 11 is 6.06. The Kier molecular flexibility index (Phi) is 3.99. The SMILES string of the molecule is CNCC(=O)c1ccc(OC2COC2)c(Cl)c1. The van der Waals surface area contributed by atoms with E-state index in [4.69, 9.17) is 21.1 Å². The van der Waals surface area contributed by atoms with Crippen molar-refractivity contribution in [3.63, 3.8) is 0 Å². The van der Waals surface area contributed by atoms with Gasteiger partial charge in [0, 0.05) is 5.56 Å². The summed E-state index contributed by atoms with van der Waals surface area (Å²) in [5, 5.41) is 3.27. The van der Waals surface area contributed by atoms with Gasteiger partial charge in [0.2, 0.25) is 0 Å². The first-order chi connectivity index (χ1) is 8.20. The van der Waals surface area contributed by atoms with Crippen LogP contribution in [0.15, 0.2) is 18.2 Å². The maximum absolute atomic E-state index is 11.6. The lowest BCUT2D eigenvalue weighted by atomic mass is 10.1. The summed E-state index contributed by atoms with van der Waals surface area (Å²) in [7, 11) is 1.73. The lowest BCUT2D eigenvalue weighted by molar-refractivity contribution is -0.0796. The first-order valence-corrected chi connectivity index (χ1v) is 5.80. The normalized spacial score (nSPS) is 15.4. The van der Waals surface area contributed by atoms with Gasteiger partial charge in [0.15, 0.2) is 5.78 Å². The second kappa shape index (κ2) is 5.49. The molecule has 0 spiro atoms. The molecule has 1 heterocycles. The average molecular weight is 256 g/mol. The third-order valence-corrected chi connectivity index (χ3v) is 2.79. The standard InChI is InChI=1S/C12H14ClNO3/c1-14-5-11(15)8-2-3-12(10(13)4-8)17-9-6-16-7-9/h2-4,9,14H,5-7H2,1H3. The number of nitrogens with one attached hydrogen (secondary N) is 1. The van der Waals surface area contributed by atoms with Crippen molar-refractivity contribution in [2.75, 3.05) is 26.8 Å². The number of hydrogen-bond acceptors (Lipinski definition) is 4. The van der Waals surface area contributed by atoms with Crippen molar-refractivity contribution in [1.29, 1.82) is 0 Å². The molecule has 0 radical (unpaired) electrons. The van der Waals surface area contributed by atoms with Gasteiger partial charge < -0.3 is 14.8 Å². The van der Waals surface area contributed by atoms with E-state index in [0.717, 1.165) is 0 Å². The molecule has 1 aromatic carbocycles. The summed E-state index contributed by atoms with van der Waals surface area (Å²) in [5.41, 5.74) is 0.585. The van der Waals surface area contributed by atoms with Crippen molar-refractivity contribution < 1.29 is 14.3 Å². The van der Waals surface area contributed by atoms with Gasteiger partial charge in [0.05, 0.1) is 24.8 Å². The summed E-state index contributed by atoms with van der Waals surface area (Å²) in [5.74, 6) is 0.605. The number of halogens is 1. The number of ketones is 1. The van der Waals surface area contributed by atoms with E-state index in [-0.39, 0.29) is 11.9 Å². The molecule has 1 aromatic rings. The number of likely N-dealkylation sites (N-methyl/N-ethyl adjacent to an activating group) is 1. The third-order valence-electron chi connectivity index (χ3n) is 2.49. The van der Waals surface area contributed by atoms with Crippen LogP contribution >= 0.6 is 11.6 Å². The number of ether oxygens (including phenoxy) is 2. The summed E-state index contributed by atoms with van der Waals surface area (Å²) in [6.07, 6.45) is 0.0753. The minimum absolute atomic E-state index is 0.00734. The predicted molar refractivity (Wildman–Crippen MR) is 64.9 cm³/mol. The molecule has 17 heavy (non-hydrogen) atoms. The molecule has 2 rings (SSSR count). The van der Waals surface area contributed by atoms with Crippen LogP contribution in [-0.2, 0) is 4.74 Å². The van der Waals surface area contributed by atoms with E-state index < -0.39 is 0 Å². The molecular weight excluding hydrogens is 242 g/mol. The lowest BCUT2D eigenvalue weighted by Gasteiger charge is -2.27. The molecule has 5 heteroatoms. The number of hydrogen-bond donors (Lipinski definition) is 1. The van der Waals surface area contributed by atoms with Gasteiger partial charge in [0.1, 0.15) is 11.9 Å². The third kappa shape index (κ3) is 2.97. The number of carbonyl (C=O) groups is 1. The molecule has 0 saturated carbocycles. The van der Waals surface area contributed by atoms with E-state index in [2.05, 4.69) is 5.32 Å². The molecular formula is C12H14ClNO3. The molecule has 1 saturated heterocycles. The van der Waals surface area contributed by atoms with E-state index in [1.54, 1.807) is 25.2 Å². The summed E-state index contributed by atoms with van der Waals surface area (Å²) < 4.78 is 10.6. The van der Waals surface area contributed by atoms with Crippen LogP contribution in [0, 0.1) is 0 Å². The number of rotatable bonds is 5. The Morgan fingerprint density at radius 3 is 2.88 bits per heavy atom. The fraction of sp³-hybridized carbons (Fsp3) is 0.417. The maximum atomic E-state index is 11.6. The quantitative estimate of drug-likeness (QED) is 0.811. The molecule has 1 N–H and O–H groups in total. The molecule has 4 nitrogen and oxygen atoms in total. The monoisotopic (exact) mass is 255 g/mol. The molecule has 1 aliphatic heterocycles. The Morgan fingerprint density at radius 2 is 2.35 bits per heavy atom.